The van der Waals surface area contributed by atoms with Crippen molar-refractivity contribution in [3.05, 3.63) is 61.3 Å². The van der Waals surface area contributed by atoms with Gasteiger partial charge in [-0.05, 0) is 24.3 Å². The standard InChI is InChI=1S/C13H10BrN3O5/c14-7-1-3-8(4-2-7)16-10(18)6-22-12(20)9-5-15-13(21)17-11(9)19/h1-5H,6H2,(H,16,18)(H2,15,17,19,21). The molecule has 9 heteroatoms. The molecule has 22 heavy (non-hydrogen) atoms. The summed E-state index contributed by atoms with van der Waals surface area (Å²) in [6, 6.07) is 6.80. The Kier molecular flexibility index (Phi) is 4.89. The molecule has 114 valence electrons. The molecule has 0 saturated heterocycles. The SMILES string of the molecule is O=C(COC(=O)c1c[nH]c(=O)[nH]c1=O)Nc1ccc(Br)cc1. The summed E-state index contributed by atoms with van der Waals surface area (Å²) in [6.07, 6.45) is 0.927. The molecule has 0 bridgehead atoms. The molecule has 0 atom stereocenters. The molecule has 1 amide bonds. The Hall–Kier alpha value is -2.68. The Labute approximate surface area is 131 Å². The molecule has 3 N–H and O–H groups in total. The molecule has 0 spiro atoms. The zero-order valence-electron chi connectivity index (χ0n) is 11.0. The zero-order chi connectivity index (χ0) is 16.1. The van der Waals surface area contributed by atoms with Crippen LogP contribution in [0.1, 0.15) is 10.4 Å². The number of aromatic nitrogens is 2. The fourth-order valence-electron chi connectivity index (χ4n) is 1.50. The number of hydrogen-bond donors (Lipinski definition) is 3. The summed E-state index contributed by atoms with van der Waals surface area (Å²) >= 11 is 3.26. The lowest BCUT2D eigenvalue weighted by atomic mass is 10.3. The second kappa shape index (κ2) is 6.85. The van der Waals surface area contributed by atoms with Crippen LogP contribution in [0.25, 0.3) is 0 Å². The quantitative estimate of drug-likeness (QED) is 0.684. The molecule has 2 rings (SSSR count). The number of rotatable bonds is 4. The Morgan fingerprint density at radius 3 is 2.50 bits per heavy atom. The number of halogens is 1. The highest BCUT2D eigenvalue weighted by Gasteiger charge is 2.14. The van der Waals surface area contributed by atoms with Crippen molar-refractivity contribution in [2.75, 3.05) is 11.9 Å². The summed E-state index contributed by atoms with van der Waals surface area (Å²) in [4.78, 5) is 49.5. The molecule has 2 aromatic rings. The number of amides is 1. The highest BCUT2D eigenvalue weighted by atomic mass is 79.9. The molecule has 0 radical (unpaired) electrons. The summed E-state index contributed by atoms with van der Waals surface area (Å²) in [5.74, 6) is -1.57. The molecule has 0 fully saturated rings. The van der Waals surface area contributed by atoms with Crippen LogP contribution in [0, 0.1) is 0 Å². The van der Waals surface area contributed by atoms with Crippen molar-refractivity contribution in [3.8, 4) is 0 Å². The normalized spacial score (nSPS) is 10.0. The topological polar surface area (TPSA) is 121 Å². The van der Waals surface area contributed by atoms with Crippen LogP contribution in [0.2, 0.25) is 0 Å². The largest absolute Gasteiger partial charge is 0.452 e. The maximum absolute atomic E-state index is 11.6. The van der Waals surface area contributed by atoms with E-state index in [1.54, 1.807) is 24.3 Å². The minimum absolute atomic E-state index is 0.393. The lowest BCUT2D eigenvalue weighted by Crippen LogP contribution is -2.29. The van der Waals surface area contributed by atoms with E-state index in [-0.39, 0.29) is 0 Å². The second-order valence-electron chi connectivity index (χ2n) is 4.12. The average Bonchev–Trinajstić information content (AvgIpc) is 2.47. The molecule has 1 aromatic heterocycles. The lowest BCUT2D eigenvalue weighted by Gasteiger charge is -2.06. The molecule has 0 aliphatic rings. The van der Waals surface area contributed by atoms with Gasteiger partial charge in [0.1, 0.15) is 5.56 Å². The van der Waals surface area contributed by atoms with E-state index in [1.165, 1.54) is 0 Å². The van der Waals surface area contributed by atoms with Gasteiger partial charge >= 0.3 is 11.7 Å². The first-order chi connectivity index (χ1) is 10.5. The number of anilines is 1. The van der Waals surface area contributed by atoms with E-state index in [9.17, 15) is 19.2 Å². The van der Waals surface area contributed by atoms with Gasteiger partial charge in [-0.2, -0.15) is 0 Å². The number of aromatic amines is 2. The van der Waals surface area contributed by atoms with Gasteiger partial charge in [0.25, 0.3) is 11.5 Å². The minimum Gasteiger partial charge on any atom is -0.452 e. The van der Waals surface area contributed by atoms with Crippen molar-refractivity contribution < 1.29 is 14.3 Å². The van der Waals surface area contributed by atoms with Crippen molar-refractivity contribution in [1.29, 1.82) is 0 Å². The lowest BCUT2D eigenvalue weighted by molar-refractivity contribution is -0.119. The van der Waals surface area contributed by atoms with Crippen molar-refractivity contribution in [2.45, 2.75) is 0 Å². The Morgan fingerprint density at radius 2 is 1.86 bits per heavy atom. The summed E-state index contributed by atoms with van der Waals surface area (Å²) in [5.41, 5.74) is -1.49. The predicted molar refractivity (Wildman–Crippen MR) is 80.7 cm³/mol. The van der Waals surface area contributed by atoms with Crippen LogP contribution in [0.15, 0.2) is 44.5 Å². The van der Waals surface area contributed by atoms with Crippen LogP contribution < -0.4 is 16.6 Å². The second-order valence-corrected chi connectivity index (χ2v) is 5.03. The predicted octanol–water partition coefficient (Wildman–Crippen LogP) is 0.621. The van der Waals surface area contributed by atoms with Crippen LogP contribution >= 0.6 is 15.9 Å². The van der Waals surface area contributed by atoms with E-state index >= 15 is 0 Å². The van der Waals surface area contributed by atoms with E-state index in [2.05, 4.69) is 26.2 Å². The van der Waals surface area contributed by atoms with Crippen LogP contribution in [0.3, 0.4) is 0 Å². The van der Waals surface area contributed by atoms with Gasteiger partial charge in [0, 0.05) is 16.4 Å². The fourth-order valence-corrected chi connectivity index (χ4v) is 1.76. The Bertz CT molecular complexity index is 809. The van der Waals surface area contributed by atoms with Crippen LogP contribution in [0.4, 0.5) is 5.69 Å². The monoisotopic (exact) mass is 367 g/mol. The summed E-state index contributed by atoms with van der Waals surface area (Å²) in [5, 5.41) is 2.52. The van der Waals surface area contributed by atoms with Crippen molar-refractivity contribution in [3.63, 3.8) is 0 Å². The highest BCUT2D eigenvalue weighted by molar-refractivity contribution is 9.10. The Balaban J connectivity index is 1.93. The van der Waals surface area contributed by atoms with Gasteiger partial charge in [-0.3, -0.25) is 14.6 Å². The number of benzene rings is 1. The molecule has 0 aliphatic heterocycles. The van der Waals surface area contributed by atoms with Crippen LogP contribution in [-0.2, 0) is 9.53 Å². The third kappa shape index (κ3) is 4.16. The maximum atomic E-state index is 11.6. The number of H-pyrrole nitrogens is 2. The molecule has 8 nitrogen and oxygen atoms in total. The van der Waals surface area contributed by atoms with E-state index < -0.39 is 35.3 Å². The number of carbonyl (C=O) groups excluding carboxylic acids is 2. The van der Waals surface area contributed by atoms with Crippen molar-refractivity contribution in [2.24, 2.45) is 0 Å². The van der Waals surface area contributed by atoms with Gasteiger partial charge < -0.3 is 15.0 Å². The molecule has 0 saturated carbocycles. The Morgan fingerprint density at radius 1 is 1.18 bits per heavy atom. The van der Waals surface area contributed by atoms with Crippen molar-refractivity contribution >= 4 is 33.5 Å². The molecular formula is C13H10BrN3O5. The van der Waals surface area contributed by atoms with Crippen LogP contribution in [0.5, 0.6) is 0 Å². The van der Waals surface area contributed by atoms with E-state index in [0.29, 0.717) is 5.69 Å². The maximum Gasteiger partial charge on any atom is 0.345 e. The molecule has 1 aromatic carbocycles. The van der Waals surface area contributed by atoms with Gasteiger partial charge in [-0.1, -0.05) is 15.9 Å². The van der Waals surface area contributed by atoms with Gasteiger partial charge in [-0.25, -0.2) is 9.59 Å². The van der Waals surface area contributed by atoms with E-state index in [1.807, 2.05) is 4.98 Å². The highest BCUT2D eigenvalue weighted by Crippen LogP contribution is 2.13. The van der Waals surface area contributed by atoms with Gasteiger partial charge in [-0.15, -0.1) is 0 Å². The zero-order valence-corrected chi connectivity index (χ0v) is 12.6. The molecule has 0 unspecified atom stereocenters. The summed E-state index contributed by atoms with van der Waals surface area (Å²) in [6.45, 7) is -0.562. The number of esters is 1. The van der Waals surface area contributed by atoms with Gasteiger partial charge in [0.05, 0.1) is 0 Å². The number of hydrogen-bond acceptors (Lipinski definition) is 5. The third-order valence-corrected chi connectivity index (χ3v) is 3.03. The van der Waals surface area contributed by atoms with Gasteiger partial charge in [0.15, 0.2) is 6.61 Å². The summed E-state index contributed by atoms with van der Waals surface area (Å²) < 4.78 is 5.56. The van der Waals surface area contributed by atoms with E-state index in [4.69, 9.17) is 4.74 Å². The number of nitrogens with one attached hydrogen (secondary N) is 3. The summed E-state index contributed by atoms with van der Waals surface area (Å²) in [7, 11) is 0. The van der Waals surface area contributed by atoms with Gasteiger partial charge in [0.2, 0.25) is 0 Å². The average molecular weight is 368 g/mol. The third-order valence-electron chi connectivity index (χ3n) is 2.50. The minimum atomic E-state index is -1.01. The number of carbonyl (C=O) groups is 2. The number of ether oxygens (including phenoxy) is 1. The molecule has 1 heterocycles. The molecular weight excluding hydrogens is 358 g/mol. The van der Waals surface area contributed by atoms with Crippen LogP contribution in [-0.4, -0.2) is 28.5 Å². The molecule has 0 aliphatic carbocycles. The fraction of sp³-hybridized carbons (Fsp3) is 0.0769. The first-order valence-electron chi connectivity index (χ1n) is 6.00. The van der Waals surface area contributed by atoms with Crippen molar-refractivity contribution in [1.82, 2.24) is 9.97 Å². The first-order valence-corrected chi connectivity index (χ1v) is 6.79. The first kappa shape index (κ1) is 15.7. The smallest absolute Gasteiger partial charge is 0.345 e. The van der Waals surface area contributed by atoms with E-state index in [0.717, 1.165) is 10.7 Å².